The van der Waals surface area contributed by atoms with Gasteiger partial charge in [-0.05, 0) is 39.8 Å². The summed E-state index contributed by atoms with van der Waals surface area (Å²) in [7, 11) is 0. The molecular formula is C19H22N2O7. The zero-order chi connectivity index (χ0) is 20.6. The molecule has 1 aromatic carbocycles. The van der Waals surface area contributed by atoms with Gasteiger partial charge in [-0.15, -0.1) is 0 Å². The molecule has 28 heavy (non-hydrogen) atoms. The van der Waals surface area contributed by atoms with Crippen molar-refractivity contribution in [3.8, 4) is 0 Å². The lowest BCUT2D eigenvalue weighted by Gasteiger charge is -2.38. The average Bonchev–Trinajstić information content (AvgIpc) is 2.85. The standard InChI is InChI=1S/C19H22N2O7/c1-11-14(20(9-10-26-11)18(25)27-19(2,3)4)17(24)28-21-15(22)12-7-5-6-8-13(12)16(21)23/h5-8,11,14H,9-10H2,1-4H3/t11-,14+/m1/s1. The first-order valence-corrected chi connectivity index (χ1v) is 8.91. The second-order valence-corrected chi connectivity index (χ2v) is 7.56. The minimum Gasteiger partial charge on any atom is -0.444 e. The Bertz CT molecular complexity index is 795. The molecular weight excluding hydrogens is 368 g/mol. The molecule has 0 bridgehead atoms. The maximum Gasteiger partial charge on any atom is 0.411 e. The maximum absolute atomic E-state index is 12.8. The fraction of sp³-hybridized carbons (Fsp3) is 0.474. The molecule has 2 heterocycles. The fourth-order valence-electron chi connectivity index (χ4n) is 3.06. The maximum atomic E-state index is 12.8. The van der Waals surface area contributed by atoms with Gasteiger partial charge in [-0.25, -0.2) is 9.59 Å². The summed E-state index contributed by atoms with van der Waals surface area (Å²) >= 11 is 0. The normalized spacial score (nSPS) is 22.1. The van der Waals surface area contributed by atoms with Gasteiger partial charge in [-0.3, -0.25) is 14.5 Å². The Morgan fingerprint density at radius 2 is 1.68 bits per heavy atom. The number of morpholine rings is 1. The number of hydrogen-bond acceptors (Lipinski definition) is 7. The van der Waals surface area contributed by atoms with Gasteiger partial charge in [0, 0.05) is 6.54 Å². The van der Waals surface area contributed by atoms with Crippen molar-refractivity contribution in [3.63, 3.8) is 0 Å². The third kappa shape index (κ3) is 3.70. The van der Waals surface area contributed by atoms with Crippen LogP contribution in [0, 0.1) is 0 Å². The highest BCUT2D eigenvalue weighted by molar-refractivity contribution is 6.20. The van der Waals surface area contributed by atoms with Gasteiger partial charge < -0.3 is 14.3 Å². The summed E-state index contributed by atoms with van der Waals surface area (Å²) in [6.07, 6.45) is -1.41. The van der Waals surface area contributed by atoms with Crippen molar-refractivity contribution in [2.75, 3.05) is 13.2 Å². The van der Waals surface area contributed by atoms with E-state index in [2.05, 4.69) is 0 Å². The van der Waals surface area contributed by atoms with Crippen LogP contribution in [0.2, 0.25) is 0 Å². The minimum atomic E-state index is -1.16. The summed E-state index contributed by atoms with van der Waals surface area (Å²) < 4.78 is 10.8. The second kappa shape index (κ2) is 7.23. The molecule has 0 radical (unpaired) electrons. The molecule has 2 aliphatic rings. The van der Waals surface area contributed by atoms with Crippen LogP contribution >= 0.6 is 0 Å². The van der Waals surface area contributed by atoms with Gasteiger partial charge in [-0.2, -0.15) is 0 Å². The van der Waals surface area contributed by atoms with Gasteiger partial charge in [0.25, 0.3) is 11.8 Å². The van der Waals surface area contributed by atoms with E-state index in [1.807, 2.05) is 0 Å². The van der Waals surface area contributed by atoms with Crippen molar-refractivity contribution >= 4 is 23.9 Å². The summed E-state index contributed by atoms with van der Waals surface area (Å²) in [5.74, 6) is -2.42. The average molecular weight is 390 g/mol. The number of fused-ring (bicyclic) bond motifs is 1. The Balaban J connectivity index is 1.79. The summed E-state index contributed by atoms with van der Waals surface area (Å²) in [6.45, 7) is 7.06. The van der Waals surface area contributed by atoms with E-state index in [0.29, 0.717) is 5.06 Å². The van der Waals surface area contributed by atoms with Crippen molar-refractivity contribution in [2.45, 2.75) is 45.4 Å². The van der Waals surface area contributed by atoms with Crippen molar-refractivity contribution in [2.24, 2.45) is 0 Å². The second-order valence-electron chi connectivity index (χ2n) is 7.56. The number of rotatable bonds is 2. The van der Waals surface area contributed by atoms with E-state index in [1.165, 1.54) is 17.0 Å². The Labute approximate surface area is 162 Å². The Kier molecular flexibility index (Phi) is 5.12. The molecule has 0 unspecified atom stereocenters. The Morgan fingerprint density at radius 3 is 2.21 bits per heavy atom. The van der Waals surface area contributed by atoms with E-state index in [4.69, 9.17) is 14.3 Å². The number of amides is 3. The van der Waals surface area contributed by atoms with Crippen LogP contribution in [0.25, 0.3) is 0 Å². The predicted octanol–water partition coefficient (Wildman–Crippen LogP) is 1.77. The highest BCUT2D eigenvalue weighted by Gasteiger charge is 2.45. The third-order valence-corrected chi connectivity index (χ3v) is 4.30. The van der Waals surface area contributed by atoms with Crippen molar-refractivity contribution < 1.29 is 33.5 Å². The highest BCUT2D eigenvalue weighted by atomic mass is 16.7. The number of imide groups is 1. The number of hydrogen-bond donors (Lipinski definition) is 0. The molecule has 0 saturated carbocycles. The summed E-state index contributed by atoms with van der Waals surface area (Å²) in [4.78, 5) is 56.4. The van der Waals surface area contributed by atoms with Gasteiger partial charge in [-0.1, -0.05) is 17.2 Å². The fourth-order valence-corrected chi connectivity index (χ4v) is 3.06. The number of carbonyl (C=O) groups is 4. The number of carbonyl (C=O) groups excluding carboxylic acids is 4. The SMILES string of the molecule is C[C@H]1OCCN(C(=O)OC(C)(C)C)[C@@H]1C(=O)ON1C(=O)c2ccccc2C1=O. The molecule has 3 rings (SSSR count). The first-order valence-electron chi connectivity index (χ1n) is 8.91. The summed E-state index contributed by atoms with van der Waals surface area (Å²) in [6, 6.07) is 5.01. The zero-order valence-electron chi connectivity index (χ0n) is 16.1. The topological polar surface area (TPSA) is 102 Å². The number of hydroxylamine groups is 2. The molecule has 0 spiro atoms. The van der Waals surface area contributed by atoms with E-state index in [0.717, 1.165) is 0 Å². The van der Waals surface area contributed by atoms with Crippen molar-refractivity contribution in [3.05, 3.63) is 35.4 Å². The van der Waals surface area contributed by atoms with E-state index >= 15 is 0 Å². The molecule has 1 saturated heterocycles. The van der Waals surface area contributed by atoms with E-state index in [9.17, 15) is 19.2 Å². The molecule has 9 heteroatoms. The summed E-state index contributed by atoms with van der Waals surface area (Å²) in [5.41, 5.74) is -0.454. The number of benzene rings is 1. The molecule has 150 valence electrons. The van der Waals surface area contributed by atoms with Crippen LogP contribution in [0.3, 0.4) is 0 Å². The minimum absolute atomic E-state index is 0.112. The lowest BCUT2D eigenvalue weighted by atomic mass is 10.1. The van der Waals surface area contributed by atoms with Crippen LogP contribution in [-0.4, -0.2) is 64.7 Å². The largest absolute Gasteiger partial charge is 0.444 e. The monoisotopic (exact) mass is 390 g/mol. The molecule has 2 atom stereocenters. The highest BCUT2D eigenvalue weighted by Crippen LogP contribution is 2.25. The Morgan fingerprint density at radius 1 is 1.11 bits per heavy atom. The van der Waals surface area contributed by atoms with Gasteiger partial charge in [0.2, 0.25) is 0 Å². The van der Waals surface area contributed by atoms with Crippen LogP contribution in [0.4, 0.5) is 4.79 Å². The summed E-state index contributed by atoms with van der Waals surface area (Å²) in [5, 5.41) is 0.418. The lowest BCUT2D eigenvalue weighted by Crippen LogP contribution is -2.58. The number of nitrogens with zero attached hydrogens (tertiary/aromatic N) is 2. The van der Waals surface area contributed by atoms with Crippen molar-refractivity contribution in [1.82, 2.24) is 9.96 Å². The van der Waals surface area contributed by atoms with E-state index in [-0.39, 0.29) is 24.3 Å². The van der Waals surface area contributed by atoms with E-state index in [1.54, 1.807) is 39.8 Å². The third-order valence-electron chi connectivity index (χ3n) is 4.30. The van der Waals surface area contributed by atoms with Crippen molar-refractivity contribution in [1.29, 1.82) is 0 Å². The first-order chi connectivity index (χ1) is 13.1. The molecule has 2 aliphatic heterocycles. The molecule has 0 aromatic heterocycles. The van der Waals surface area contributed by atoms with Crippen LogP contribution in [-0.2, 0) is 19.1 Å². The molecule has 3 amide bonds. The van der Waals surface area contributed by atoms with Gasteiger partial charge in [0.1, 0.15) is 5.60 Å². The van der Waals surface area contributed by atoms with Crippen LogP contribution in [0.15, 0.2) is 24.3 Å². The van der Waals surface area contributed by atoms with E-state index < -0.39 is 41.6 Å². The van der Waals surface area contributed by atoms with Crippen LogP contribution in [0.5, 0.6) is 0 Å². The van der Waals surface area contributed by atoms with Crippen LogP contribution in [0.1, 0.15) is 48.4 Å². The van der Waals surface area contributed by atoms with Crippen LogP contribution < -0.4 is 0 Å². The molecule has 9 nitrogen and oxygen atoms in total. The smallest absolute Gasteiger partial charge is 0.411 e. The van der Waals surface area contributed by atoms with Gasteiger partial charge in [0.15, 0.2) is 6.04 Å². The Hall–Kier alpha value is -2.94. The van der Waals surface area contributed by atoms with Gasteiger partial charge in [0.05, 0.1) is 23.8 Å². The zero-order valence-corrected chi connectivity index (χ0v) is 16.1. The first kappa shape index (κ1) is 19.8. The quantitative estimate of drug-likeness (QED) is 0.709. The molecule has 1 fully saturated rings. The van der Waals surface area contributed by atoms with Gasteiger partial charge >= 0.3 is 12.1 Å². The predicted molar refractivity (Wildman–Crippen MR) is 95.2 cm³/mol. The molecule has 1 aromatic rings. The number of ether oxygens (including phenoxy) is 2. The molecule has 0 N–H and O–H groups in total. The molecule has 0 aliphatic carbocycles. The lowest BCUT2D eigenvalue weighted by molar-refractivity contribution is -0.184.